The molecule has 0 saturated heterocycles. The number of nitrogens with zero attached hydrogens (tertiary/aromatic N) is 2. The van der Waals surface area contributed by atoms with Crippen LogP contribution in [0.5, 0.6) is 5.75 Å². The van der Waals surface area contributed by atoms with E-state index in [9.17, 15) is 4.39 Å². The number of para-hydroxylation sites is 1. The number of nitrogens with one attached hydrogen (secondary N) is 1. The first-order valence-corrected chi connectivity index (χ1v) is 5.95. The number of hydrogen-bond donors (Lipinski definition) is 1. The second-order valence-electron chi connectivity index (χ2n) is 4.25. The number of halogens is 1. The summed E-state index contributed by atoms with van der Waals surface area (Å²) in [6, 6.07) is 11.9. The highest BCUT2D eigenvalue weighted by Gasteiger charge is 2.11. The molecule has 0 radical (unpaired) electrons. The Labute approximate surface area is 114 Å². The predicted octanol–water partition coefficient (Wildman–Crippen LogP) is 3.25. The Morgan fingerprint density at radius 2 is 2.15 bits per heavy atom. The fourth-order valence-corrected chi connectivity index (χ4v) is 2.07. The van der Waals surface area contributed by atoms with Crippen molar-refractivity contribution in [3.63, 3.8) is 0 Å². The van der Waals surface area contributed by atoms with E-state index in [0.717, 1.165) is 5.52 Å². The van der Waals surface area contributed by atoms with Crippen molar-refractivity contribution < 1.29 is 9.13 Å². The third-order valence-electron chi connectivity index (χ3n) is 3.06. The average molecular weight is 267 g/mol. The van der Waals surface area contributed by atoms with Crippen LogP contribution in [0.25, 0.3) is 22.4 Å². The summed E-state index contributed by atoms with van der Waals surface area (Å²) >= 11 is 0. The number of benzene rings is 2. The minimum absolute atomic E-state index is 0.156. The van der Waals surface area contributed by atoms with Gasteiger partial charge in [0.15, 0.2) is 11.6 Å². The van der Waals surface area contributed by atoms with Gasteiger partial charge in [-0.2, -0.15) is 5.26 Å². The van der Waals surface area contributed by atoms with Gasteiger partial charge in [0.2, 0.25) is 0 Å². The van der Waals surface area contributed by atoms with Crippen LogP contribution in [-0.2, 0) is 0 Å². The fraction of sp³-hybridized carbons (Fsp3) is 0.0667. The molecule has 0 amide bonds. The minimum Gasteiger partial charge on any atom is -0.494 e. The number of nitriles is 1. The molecule has 0 bridgehead atoms. The Morgan fingerprint density at radius 3 is 2.90 bits per heavy atom. The summed E-state index contributed by atoms with van der Waals surface area (Å²) < 4.78 is 18.4. The largest absolute Gasteiger partial charge is 0.494 e. The van der Waals surface area contributed by atoms with E-state index < -0.39 is 5.82 Å². The molecular weight excluding hydrogens is 257 g/mol. The van der Waals surface area contributed by atoms with Crippen LogP contribution in [0, 0.1) is 17.1 Å². The number of aromatic amines is 1. The lowest BCUT2D eigenvalue weighted by atomic mass is 10.2. The molecule has 0 aliphatic heterocycles. The lowest BCUT2D eigenvalue weighted by Gasteiger charge is -2.03. The molecule has 98 valence electrons. The summed E-state index contributed by atoms with van der Waals surface area (Å²) in [5, 5.41) is 9.06. The Balaban J connectivity index is 2.18. The maximum absolute atomic E-state index is 13.4. The number of ether oxygens (including phenoxy) is 1. The first-order valence-electron chi connectivity index (χ1n) is 5.95. The van der Waals surface area contributed by atoms with Crippen LogP contribution in [0.3, 0.4) is 0 Å². The molecule has 0 saturated carbocycles. The SMILES string of the molecule is COc1cc(-c2nc3c(C#N)cccc3[nH]2)ccc1F. The first-order chi connectivity index (χ1) is 9.72. The standard InChI is InChI=1S/C15H10FN3O/c1-20-13-7-9(5-6-11(13)16)15-18-12-4-2-3-10(8-17)14(12)19-15/h2-7H,1H3,(H,18,19). The number of H-pyrrole nitrogens is 1. The van der Waals surface area contributed by atoms with Gasteiger partial charge in [0.05, 0.1) is 18.2 Å². The Hall–Kier alpha value is -2.87. The normalized spacial score (nSPS) is 10.4. The first kappa shape index (κ1) is 12.2. The van der Waals surface area contributed by atoms with Crippen molar-refractivity contribution in [2.24, 2.45) is 0 Å². The van der Waals surface area contributed by atoms with Gasteiger partial charge in [0.1, 0.15) is 17.4 Å². The third kappa shape index (κ3) is 1.88. The Bertz CT molecular complexity index is 833. The van der Waals surface area contributed by atoms with E-state index in [4.69, 9.17) is 10.00 Å². The molecule has 0 aliphatic rings. The lowest BCUT2D eigenvalue weighted by Crippen LogP contribution is -1.89. The van der Waals surface area contributed by atoms with Crippen LogP contribution < -0.4 is 4.74 Å². The van der Waals surface area contributed by atoms with Gasteiger partial charge < -0.3 is 9.72 Å². The highest BCUT2D eigenvalue weighted by Crippen LogP contribution is 2.27. The van der Waals surface area contributed by atoms with Gasteiger partial charge in [-0.05, 0) is 30.3 Å². The quantitative estimate of drug-likeness (QED) is 0.775. The smallest absolute Gasteiger partial charge is 0.165 e. The topological polar surface area (TPSA) is 61.7 Å². The predicted molar refractivity (Wildman–Crippen MR) is 72.8 cm³/mol. The van der Waals surface area contributed by atoms with Gasteiger partial charge >= 0.3 is 0 Å². The van der Waals surface area contributed by atoms with E-state index in [2.05, 4.69) is 16.0 Å². The van der Waals surface area contributed by atoms with Crippen LogP contribution in [-0.4, -0.2) is 17.1 Å². The zero-order valence-corrected chi connectivity index (χ0v) is 10.6. The number of fused-ring (bicyclic) bond motifs is 1. The summed E-state index contributed by atoms with van der Waals surface area (Å²) in [5.74, 6) is 0.300. The molecular formula is C15H10FN3O. The van der Waals surface area contributed by atoms with Crippen molar-refractivity contribution in [3.05, 3.63) is 47.8 Å². The van der Waals surface area contributed by atoms with Crippen LogP contribution in [0.4, 0.5) is 4.39 Å². The maximum Gasteiger partial charge on any atom is 0.165 e. The van der Waals surface area contributed by atoms with Crippen molar-refractivity contribution in [2.45, 2.75) is 0 Å². The lowest BCUT2D eigenvalue weighted by molar-refractivity contribution is 0.387. The van der Waals surface area contributed by atoms with Crippen LogP contribution >= 0.6 is 0 Å². The summed E-state index contributed by atoms with van der Waals surface area (Å²) in [7, 11) is 1.41. The zero-order valence-electron chi connectivity index (χ0n) is 10.6. The monoisotopic (exact) mass is 267 g/mol. The van der Waals surface area contributed by atoms with Gasteiger partial charge in [-0.1, -0.05) is 6.07 Å². The van der Waals surface area contributed by atoms with Gasteiger partial charge in [-0.25, -0.2) is 9.37 Å². The molecule has 1 heterocycles. The van der Waals surface area contributed by atoms with Crippen molar-refractivity contribution in [1.82, 2.24) is 9.97 Å². The van der Waals surface area contributed by atoms with Gasteiger partial charge in [0, 0.05) is 5.56 Å². The molecule has 0 atom stereocenters. The van der Waals surface area contributed by atoms with E-state index in [1.165, 1.54) is 13.2 Å². The van der Waals surface area contributed by atoms with E-state index in [0.29, 0.717) is 22.5 Å². The zero-order chi connectivity index (χ0) is 14.1. The molecule has 0 aliphatic carbocycles. The second kappa shape index (κ2) is 4.67. The molecule has 5 heteroatoms. The highest BCUT2D eigenvalue weighted by atomic mass is 19.1. The molecule has 1 N–H and O–H groups in total. The summed E-state index contributed by atoms with van der Waals surface area (Å²) in [5.41, 5.74) is 2.57. The number of hydrogen-bond acceptors (Lipinski definition) is 3. The summed E-state index contributed by atoms with van der Waals surface area (Å²) in [6.07, 6.45) is 0. The molecule has 0 unspecified atom stereocenters. The molecule has 3 rings (SSSR count). The molecule has 0 spiro atoms. The van der Waals surface area contributed by atoms with E-state index >= 15 is 0 Å². The number of aromatic nitrogens is 2. The number of rotatable bonds is 2. The molecule has 3 aromatic rings. The van der Waals surface area contributed by atoms with Crippen LogP contribution in [0.15, 0.2) is 36.4 Å². The van der Waals surface area contributed by atoms with Crippen molar-refractivity contribution in [1.29, 1.82) is 5.26 Å². The van der Waals surface area contributed by atoms with E-state index in [-0.39, 0.29) is 5.75 Å². The van der Waals surface area contributed by atoms with E-state index in [1.807, 2.05) is 6.07 Å². The second-order valence-corrected chi connectivity index (χ2v) is 4.25. The van der Waals surface area contributed by atoms with E-state index in [1.54, 1.807) is 24.3 Å². The van der Waals surface area contributed by atoms with Crippen LogP contribution in [0.1, 0.15) is 5.56 Å². The van der Waals surface area contributed by atoms with Gasteiger partial charge in [0.25, 0.3) is 0 Å². The van der Waals surface area contributed by atoms with Crippen LogP contribution in [0.2, 0.25) is 0 Å². The van der Waals surface area contributed by atoms with Crippen molar-refractivity contribution in [2.75, 3.05) is 7.11 Å². The summed E-state index contributed by atoms with van der Waals surface area (Å²) in [4.78, 5) is 7.52. The van der Waals surface area contributed by atoms with Gasteiger partial charge in [-0.15, -0.1) is 0 Å². The molecule has 20 heavy (non-hydrogen) atoms. The molecule has 4 nitrogen and oxygen atoms in total. The van der Waals surface area contributed by atoms with Crippen molar-refractivity contribution in [3.8, 4) is 23.2 Å². The summed E-state index contributed by atoms with van der Waals surface area (Å²) in [6.45, 7) is 0. The molecule has 1 aromatic heterocycles. The minimum atomic E-state index is -0.426. The maximum atomic E-state index is 13.4. The Kier molecular flexibility index (Phi) is 2.84. The fourth-order valence-electron chi connectivity index (χ4n) is 2.07. The molecule has 2 aromatic carbocycles. The molecule has 0 fully saturated rings. The highest BCUT2D eigenvalue weighted by molar-refractivity contribution is 5.84. The third-order valence-corrected chi connectivity index (χ3v) is 3.06. The van der Waals surface area contributed by atoms with Crippen molar-refractivity contribution >= 4 is 11.0 Å². The Morgan fingerprint density at radius 1 is 1.30 bits per heavy atom. The average Bonchev–Trinajstić information content (AvgIpc) is 2.91. The number of methoxy groups -OCH3 is 1. The number of imidazole rings is 1. The van der Waals surface area contributed by atoms with Gasteiger partial charge in [-0.3, -0.25) is 0 Å².